The molecule has 20 heavy (non-hydrogen) atoms. The molecule has 1 aliphatic rings. The lowest BCUT2D eigenvalue weighted by Gasteiger charge is -2.22. The molecule has 1 aliphatic carbocycles. The van der Waals surface area contributed by atoms with E-state index >= 15 is 0 Å². The molecular formula is C14H20FN3O2. The maximum atomic E-state index is 14.1. The predicted octanol–water partition coefficient (Wildman–Crippen LogP) is 1.94. The molecule has 110 valence electrons. The van der Waals surface area contributed by atoms with E-state index in [1.165, 1.54) is 7.11 Å². The maximum absolute atomic E-state index is 14.1. The molecule has 0 amide bonds. The summed E-state index contributed by atoms with van der Waals surface area (Å²) in [4.78, 5) is 2.16. The van der Waals surface area contributed by atoms with Crippen LogP contribution in [0.2, 0.25) is 0 Å². The molecule has 0 saturated heterocycles. The van der Waals surface area contributed by atoms with Crippen LogP contribution in [0.1, 0.15) is 24.8 Å². The van der Waals surface area contributed by atoms with E-state index in [0.717, 1.165) is 12.8 Å². The summed E-state index contributed by atoms with van der Waals surface area (Å²) in [6, 6.07) is 5.62. The third-order valence-corrected chi connectivity index (χ3v) is 3.48. The van der Waals surface area contributed by atoms with E-state index < -0.39 is 0 Å². The summed E-state index contributed by atoms with van der Waals surface area (Å²) < 4.78 is 19.1. The Bertz CT molecular complexity index is 489. The lowest BCUT2D eigenvalue weighted by Crippen LogP contribution is -2.30. The van der Waals surface area contributed by atoms with Crippen LogP contribution in [-0.2, 0) is 6.54 Å². The minimum Gasteiger partial charge on any atom is -0.494 e. The highest BCUT2D eigenvalue weighted by Crippen LogP contribution is 2.30. The molecule has 0 bridgehead atoms. The third-order valence-electron chi connectivity index (χ3n) is 3.48. The van der Waals surface area contributed by atoms with E-state index in [9.17, 15) is 4.39 Å². The summed E-state index contributed by atoms with van der Waals surface area (Å²) in [6.45, 7) is 1.16. The fraction of sp³-hybridized carbons (Fsp3) is 0.500. The second kappa shape index (κ2) is 6.56. The number of ether oxygens (including phenoxy) is 1. The van der Waals surface area contributed by atoms with Gasteiger partial charge < -0.3 is 15.7 Å². The molecule has 0 aliphatic heterocycles. The van der Waals surface area contributed by atoms with Crippen LogP contribution >= 0.6 is 0 Å². The van der Waals surface area contributed by atoms with Crippen molar-refractivity contribution in [3.05, 3.63) is 29.6 Å². The standard InChI is InChI=1S/C14H20FN3O2/c1-20-12-4-2-3-10(14(12)15)9-18(11-5-6-11)8-7-13(16)17-19/h2-4,11,19H,5-9H2,1H3,(H2,16,17). The zero-order chi connectivity index (χ0) is 14.5. The molecule has 3 N–H and O–H groups in total. The Labute approximate surface area is 117 Å². The van der Waals surface area contributed by atoms with Crippen LogP contribution in [0.4, 0.5) is 4.39 Å². The first-order chi connectivity index (χ1) is 9.65. The van der Waals surface area contributed by atoms with Gasteiger partial charge in [0.15, 0.2) is 11.6 Å². The molecule has 1 aromatic carbocycles. The molecule has 5 nitrogen and oxygen atoms in total. The molecule has 0 heterocycles. The van der Waals surface area contributed by atoms with Gasteiger partial charge in [-0.05, 0) is 18.9 Å². The third kappa shape index (κ3) is 3.60. The fourth-order valence-corrected chi connectivity index (χ4v) is 2.19. The molecular weight excluding hydrogens is 261 g/mol. The number of nitrogens with two attached hydrogens (primary N) is 1. The summed E-state index contributed by atoms with van der Waals surface area (Å²) in [6.07, 6.45) is 2.70. The van der Waals surface area contributed by atoms with Crippen molar-refractivity contribution >= 4 is 5.84 Å². The monoisotopic (exact) mass is 281 g/mol. The predicted molar refractivity (Wildman–Crippen MR) is 74.4 cm³/mol. The number of halogens is 1. The lowest BCUT2D eigenvalue weighted by atomic mass is 10.1. The van der Waals surface area contributed by atoms with Gasteiger partial charge in [-0.2, -0.15) is 0 Å². The quantitative estimate of drug-likeness (QED) is 0.347. The van der Waals surface area contributed by atoms with E-state index in [1.807, 2.05) is 0 Å². The zero-order valence-corrected chi connectivity index (χ0v) is 11.6. The number of oxime groups is 1. The zero-order valence-electron chi connectivity index (χ0n) is 11.6. The van der Waals surface area contributed by atoms with E-state index in [1.54, 1.807) is 18.2 Å². The molecule has 1 aromatic rings. The molecule has 0 spiro atoms. The minimum atomic E-state index is -0.315. The minimum absolute atomic E-state index is 0.196. The van der Waals surface area contributed by atoms with Crippen molar-refractivity contribution in [2.24, 2.45) is 10.9 Å². The summed E-state index contributed by atoms with van der Waals surface area (Å²) >= 11 is 0. The van der Waals surface area contributed by atoms with Gasteiger partial charge in [-0.25, -0.2) is 4.39 Å². The van der Waals surface area contributed by atoms with Gasteiger partial charge in [0.25, 0.3) is 0 Å². The summed E-state index contributed by atoms with van der Waals surface area (Å²) in [5.74, 6) is 0.140. The number of hydrogen-bond donors (Lipinski definition) is 2. The van der Waals surface area contributed by atoms with Crippen LogP contribution in [0, 0.1) is 5.82 Å². The Morgan fingerprint density at radius 2 is 2.30 bits per heavy atom. The van der Waals surface area contributed by atoms with Crippen LogP contribution in [0.3, 0.4) is 0 Å². The normalized spacial score (nSPS) is 15.7. The molecule has 0 radical (unpaired) electrons. The number of hydrogen-bond acceptors (Lipinski definition) is 4. The van der Waals surface area contributed by atoms with Crippen molar-refractivity contribution < 1.29 is 14.3 Å². The molecule has 0 unspecified atom stereocenters. The van der Waals surface area contributed by atoms with Crippen LogP contribution < -0.4 is 10.5 Å². The van der Waals surface area contributed by atoms with Gasteiger partial charge >= 0.3 is 0 Å². The van der Waals surface area contributed by atoms with Gasteiger partial charge in [0, 0.05) is 31.1 Å². The first-order valence-corrected chi connectivity index (χ1v) is 6.67. The molecule has 0 aromatic heterocycles. The topological polar surface area (TPSA) is 71.1 Å². The number of methoxy groups -OCH3 is 1. The highest BCUT2D eigenvalue weighted by molar-refractivity contribution is 5.79. The second-order valence-corrected chi connectivity index (χ2v) is 4.98. The largest absolute Gasteiger partial charge is 0.494 e. The Morgan fingerprint density at radius 3 is 2.90 bits per heavy atom. The van der Waals surface area contributed by atoms with Gasteiger partial charge in [-0.1, -0.05) is 17.3 Å². The van der Waals surface area contributed by atoms with Crippen LogP contribution in [-0.4, -0.2) is 35.6 Å². The first kappa shape index (κ1) is 14.6. The van der Waals surface area contributed by atoms with Gasteiger partial charge in [0.2, 0.25) is 0 Å². The van der Waals surface area contributed by atoms with E-state index in [4.69, 9.17) is 15.7 Å². The Kier molecular flexibility index (Phi) is 4.79. The smallest absolute Gasteiger partial charge is 0.169 e. The number of rotatable bonds is 7. The van der Waals surface area contributed by atoms with Crippen LogP contribution in [0.5, 0.6) is 5.75 Å². The van der Waals surface area contributed by atoms with Gasteiger partial charge in [-0.15, -0.1) is 0 Å². The van der Waals surface area contributed by atoms with Crippen molar-refractivity contribution in [1.82, 2.24) is 4.90 Å². The van der Waals surface area contributed by atoms with Crippen LogP contribution in [0.25, 0.3) is 0 Å². The number of nitrogens with zero attached hydrogens (tertiary/aromatic N) is 2. The first-order valence-electron chi connectivity index (χ1n) is 6.67. The summed E-state index contributed by atoms with van der Waals surface area (Å²) in [7, 11) is 1.46. The van der Waals surface area contributed by atoms with Crippen molar-refractivity contribution in [2.45, 2.75) is 31.8 Å². The van der Waals surface area contributed by atoms with Gasteiger partial charge in [0.05, 0.1) is 7.11 Å². The SMILES string of the molecule is COc1cccc(CN(CC/C(N)=N/O)C2CC2)c1F. The van der Waals surface area contributed by atoms with Crippen molar-refractivity contribution in [1.29, 1.82) is 0 Å². The highest BCUT2D eigenvalue weighted by atomic mass is 19.1. The van der Waals surface area contributed by atoms with E-state index in [0.29, 0.717) is 31.1 Å². The second-order valence-electron chi connectivity index (χ2n) is 4.98. The van der Waals surface area contributed by atoms with Gasteiger partial charge in [0.1, 0.15) is 5.84 Å². The average molecular weight is 281 g/mol. The number of amidine groups is 1. The highest BCUT2D eigenvalue weighted by Gasteiger charge is 2.29. The Morgan fingerprint density at radius 1 is 1.55 bits per heavy atom. The molecule has 6 heteroatoms. The molecule has 2 rings (SSSR count). The Balaban J connectivity index is 2.04. The lowest BCUT2D eigenvalue weighted by molar-refractivity contribution is 0.254. The van der Waals surface area contributed by atoms with Crippen molar-refractivity contribution in [3.8, 4) is 5.75 Å². The van der Waals surface area contributed by atoms with E-state index in [-0.39, 0.29) is 17.4 Å². The molecule has 1 fully saturated rings. The van der Waals surface area contributed by atoms with Crippen molar-refractivity contribution in [2.75, 3.05) is 13.7 Å². The molecule has 1 saturated carbocycles. The summed E-state index contributed by atoms with van der Waals surface area (Å²) in [5.41, 5.74) is 6.10. The Hall–Kier alpha value is -1.82. The summed E-state index contributed by atoms with van der Waals surface area (Å²) in [5, 5.41) is 11.5. The fourth-order valence-electron chi connectivity index (χ4n) is 2.19. The van der Waals surface area contributed by atoms with Gasteiger partial charge in [-0.3, -0.25) is 4.90 Å². The number of benzene rings is 1. The maximum Gasteiger partial charge on any atom is 0.169 e. The van der Waals surface area contributed by atoms with Crippen LogP contribution in [0.15, 0.2) is 23.4 Å². The average Bonchev–Trinajstić information content (AvgIpc) is 3.29. The molecule has 0 atom stereocenters. The van der Waals surface area contributed by atoms with E-state index in [2.05, 4.69) is 10.1 Å². The van der Waals surface area contributed by atoms with Crippen molar-refractivity contribution in [3.63, 3.8) is 0 Å².